The molecule has 0 aliphatic heterocycles. The zero-order chi connectivity index (χ0) is 20.7. The summed E-state index contributed by atoms with van der Waals surface area (Å²) in [4.78, 5) is 0. The first-order valence-electron chi connectivity index (χ1n) is 8.63. The van der Waals surface area contributed by atoms with Crippen molar-refractivity contribution in [2.24, 2.45) is 0 Å². The van der Waals surface area contributed by atoms with Crippen LogP contribution < -0.4 is 9.47 Å². The van der Waals surface area contributed by atoms with Crippen LogP contribution in [0.4, 0.5) is 22.0 Å². The van der Waals surface area contributed by atoms with Crippen LogP contribution in [0.1, 0.15) is 12.5 Å². The van der Waals surface area contributed by atoms with Gasteiger partial charge in [-0.15, -0.1) is 11.3 Å². The van der Waals surface area contributed by atoms with Gasteiger partial charge in [-0.3, -0.25) is 0 Å². The summed E-state index contributed by atoms with van der Waals surface area (Å²) in [5.41, 5.74) is 0.00429. The lowest BCUT2D eigenvalue weighted by atomic mass is 10.1. The van der Waals surface area contributed by atoms with Gasteiger partial charge in [-0.25, -0.2) is 22.0 Å². The van der Waals surface area contributed by atoms with Gasteiger partial charge >= 0.3 is 0 Å². The molecule has 2 nitrogen and oxygen atoms in total. The summed E-state index contributed by atoms with van der Waals surface area (Å²) in [6.45, 7) is 1.66. The van der Waals surface area contributed by atoms with E-state index in [4.69, 9.17) is 9.47 Å². The largest absolute Gasteiger partial charge is 0.491 e. The maximum atomic E-state index is 14.9. The number of halogens is 5. The Kier molecular flexibility index (Phi) is 5.04. The van der Waals surface area contributed by atoms with Crippen LogP contribution in [0.3, 0.4) is 0 Å². The summed E-state index contributed by atoms with van der Waals surface area (Å²) >= 11 is 0.918. The average Bonchev–Trinajstić information content (AvgIpc) is 3.08. The Labute approximate surface area is 166 Å². The first kappa shape index (κ1) is 19.4. The van der Waals surface area contributed by atoms with Crippen LogP contribution in [0.2, 0.25) is 0 Å². The molecular formula is C21H13F5O2S. The molecule has 0 fully saturated rings. The van der Waals surface area contributed by atoms with Gasteiger partial charge in [0.15, 0.2) is 40.6 Å². The van der Waals surface area contributed by atoms with Crippen molar-refractivity contribution in [1.29, 1.82) is 0 Å². The van der Waals surface area contributed by atoms with Gasteiger partial charge in [-0.1, -0.05) is 0 Å². The third kappa shape index (κ3) is 3.37. The van der Waals surface area contributed by atoms with E-state index >= 15 is 0 Å². The molecule has 1 aromatic heterocycles. The van der Waals surface area contributed by atoms with Crippen molar-refractivity contribution in [3.05, 3.63) is 71.0 Å². The SMILES string of the molecule is CCOc1ccc2c(sc3c(F)c(OCc4cc(F)c(F)c(F)c4)ccc32)c1F. The third-order valence-electron chi connectivity index (χ3n) is 4.36. The van der Waals surface area contributed by atoms with Crippen molar-refractivity contribution in [2.75, 3.05) is 6.61 Å². The van der Waals surface area contributed by atoms with E-state index in [1.807, 2.05) is 0 Å². The van der Waals surface area contributed by atoms with Crippen LogP contribution in [0, 0.1) is 29.1 Å². The molecule has 0 amide bonds. The molecule has 3 aromatic carbocycles. The van der Waals surface area contributed by atoms with Crippen LogP contribution >= 0.6 is 11.3 Å². The molecule has 0 saturated carbocycles. The Morgan fingerprint density at radius 1 is 0.724 bits per heavy atom. The number of hydrogen-bond acceptors (Lipinski definition) is 3. The summed E-state index contributed by atoms with van der Waals surface area (Å²) in [7, 11) is 0. The highest BCUT2D eigenvalue weighted by Crippen LogP contribution is 2.41. The van der Waals surface area contributed by atoms with Gasteiger partial charge in [0.25, 0.3) is 0 Å². The minimum absolute atomic E-state index is 0.00429. The third-order valence-corrected chi connectivity index (χ3v) is 5.56. The second-order valence-electron chi connectivity index (χ2n) is 6.21. The molecule has 8 heteroatoms. The zero-order valence-corrected chi connectivity index (χ0v) is 15.8. The smallest absolute Gasteiger partial charge is 0.194 e. The van der Waals surface area contributed by atoms with E-state index in [2.05, 4.69) is 0 Å². The maximum Gasteiger partial charge on any atom is 0.194 e. The van der Waals surface area contributed by atoms with Crippen LogP contribution in [0.25, 0.3) is 20.2 Å². The molecule has 0 unspecified atom stereocenters. The van der Waals surface area contributed by atoms with Crippen LogP contribution in [0.15, 0.2) is 36.4 Å². The van der Waals surface area contributed by atoms with E-state index in [1.54, 1.807) is 19.1 Å². The molecular weight excluding hydrogens is 411 g/mol. The van der Waals surface area contributed by atoms with Crippen molar-refractivity contribution in [1.82, 2.24) is 0 Å². The minimum atomic E-state index is -1.58. The summed E-state index contributed by atoms with van der Waals surface area (Å²) in [5, 5.41) is 1.05. The topological polar surface area (TPSA) is 18.5 Å². The Morgan fingerprint density at radius 3 is 1.76 bits per heavy atom. The summed E-state index contributed by atoms with van der Waals surface area (Å²) in [5.74, 6) is -5.66. The van der Waals surface area contributed by atoms with E-state index in [1.165, 1.54) is 12.1 Å². The second-order valence-corrected chi connectivity index (χ2v) is 7.23. The molecule has 0 radical (unpaired) electrons. The Bertz CT molecular complexity index is 1210. The van der Waals surface area contributed by atoms with Crippen LogP contribution in [0.5, 0.6) is 11.5 Å². The first-order chi connectivity index (χ1) is 13.9. The highest BCUT2D eigenvalue weighted by molar-refractivity contribution is 7.25. The molecule has 29 heavy (non-hydrogen) atoms. The van der Waals surface area contributed by atoms with E-state index in [0.717, 1.165) is 23.5 Å². The van der Waals surface area contributed by atoms with Crippen molar-refractivity contribution in [3.63, 3.8) is 0 Å². The van der Waals surface area contributed by atoms with Crippen molar-refractivity contribution < 1.29 is 31.4 Å². The fourth-order valence-electron chi connectivity index (χ4n) is 3.03. The molecule has 4 aromatic rings. The molecule has 4 rings (SSSR count). The van der Waals surface area contributed by atoms with E-state index in [9.17, 15) is 22.0 Å². The van der Waals surface area contributed by atoms with Crippen LogP contribution in [-0.4, -0.2) is 6.61 Å². The molecule has 0 aliphatic carbocycles. The predicted octanol–water partition coefficient (Wildman–Crippen LogP) is 6.73. The fourth-order valence-corrected chi connectivity index (χ4v) is 4.19. The first-order valence-corrected chi connectivity index (χ1v) is 9.44. The number of benzene rings is 3. The Morgan fingerprint density at radius 2 is 1.24 bits per heavy atom. The zero-order valence-electron chi connectivity index (χ0n) is 15.0. The number of thiophene rings is 1. The highest BCUT2D eigenvalue weighted by Gasteiger charge is 2.19. The lowest BCUT2D eigenvalue weighted by molar-refractivity contribution is 0.289. The molecule has 0 saturated heterocycles. The standard InChI is InChI=1S/C21H13F5O2S/c1-2-27-15-5-3-11-12-4-6-16(19(26)21(12)29-20(11)18(15)25)28-9-10-7-13(22)17(24)14(23)8-10/h3-8H,2,9H2,1H3. The van der Waals surface area contributed by atoms with Gasteiger partial charge in [0.05, 0.1) is 16.0 Å². The molecule has 0 N–H and O–H groups in total. The molecule has 1 heterocycles. The lowest BCUT2D eigenvalue weighted by Gasteiger charge is -2.08. The second kappa shape index (κ2) is 7.51. The normalized spacial score (nSPS) is 11.4. The quantitative estimate of drug-likeness (QED) is 0.261. The summed E-state index contributed by atoms with van der Waals surface area (Å²) in [6.07, 6.45) is 0. The van der Waals surface area contributed by atoms with Crippen molar-refractivity contribution in [2.45, 2.75) is 13.5 Å². The number of rotatable bonds is 5. The van der Waals surface area contributed by atoms with Gasteiger partial charge in [-0.2, -0.15) is 0 Å². The minimum Gasteiger partial charge on any atom is -0.491 e. The van der Waals surface area contributed by atoms with E-state index < -0.39 is 29.1 Å². The Hall–Kier alpha value is -2.87. The molecule has 150 valence electrons. The number of ether oxygens (including phenoxy) is 2. The molecule has 0 spiro atoms. The Balaban J connectivity index is 1.70. The van der Waals surface area contributed by atoms with E-state index in [0.29, 0.717) is 17.4 Å². The predicted molar refractivity (Wildman–Crippen MR) is 101 cm³/mol. The maximum absolute atomic E-state index is 14.9. The van der Waals surface area contributed by atoms with E-state index in [-0.39, 0.29) is 33.1 Å². The number of hydrogen-bond donors (Lipinski definition) is 0. The van der Waals surface area contributed by atoms with Crippen molar-refractivity contribution >= 4 is 31.5 Å². The van der Waals surface area contributed by atoms with Gasteiger partial charge in [0.1, 0.15) is 6.61 Å². The van der Waals surface area contributed by atoms with Gasteiger partial charge in [-0.05, 0) is 48.9 Å². The molecule has 0 bridgehead atoms. The van der Waals surface area contributed by atoms with Gasteiger partial charge in [0, 0.05) is 10.8 Å². The molecule has 0 aliphatic rings. The monoisotopic (exact) mass is 424 g/mol. The van der Waals surface area contributed by atoms with Gasteiger partial charge in [0.2, 0.25) is 0 Å². The fraction of sp³-hybridized carbons (Fsp3) is 0.143. The van der Waals surface area contributed by atoms with Gasteiger partial charge < -0.3 is 9.47 Å². The molecule has 0 atom stereocenters. The average molecular weight is 424 g/mol. The van der Waals surface area contributed by atoms with Crippen LogP contribution in [-0.2, 0) is 6.61 Å². The highest BCUT2D eigenvalue weighted by atomic mass is 32.1. The van der Waals surface area contributed by atoms with Crippen molar-refractivity contribution in [3.8, 4) is 11.5 Å². The number of fused-ring (bicyclic) bond motifs is 3. The summed E-state index contributed by atoms with van der Waals surface area (Å²) < 4.78 is 80.2. The lowest BCUT2D eigenvalue weighted by Crippen LogP contribution is -2.01. The summed E-state index contributed by atoms with van der Waals surface area (Å²) in [6, 6.07) is 7.64.